The van der Waals surface area contributed by atoms with E-state index >= 15 is 4.39 Å². The molecule has 5 atom stereocenters. The predicted molar refractivity (Wildman–Crippen MR) is 149 cm³/mol. The van der Waals surface area contributed by atoms with Crippen LogP contribution in [0.1, 0.15) is 37.1 Å². The molecule has 1 aliphatic carbocycles. The standard InChI is InChI=1S/C29H34FN2O8P/c1-20-8-6-7-9-21(20)16-37-18-29(13-14-29)19-41(36,40-22-10-4-3-5-11-22)38-17-23-25(34)28(2,30)26(39-23)32-15-12-24(33)31-27(32)35/h3-12,15,23,25-26,34H,13-14,16-19H2,1-2H3,(H,31,33,35)/t23-,25-,26-,28-,41?/m1/s1. The molecule has 1 unspecified atom stereocenters. The smallest absolute Gasteiger partial charge is 0.379 e. The van der Waals surface area contributed by atoms with E-state index in [4.69, 9.17) is 18.5 Å². The van der Waals surface area contributed by atoms with Crippen molar-refractivity contribution in [3.63, 3.8) is 0 Å². The van der Waals surface area contributed by atoms with Gasteiger partial charge < -0.3 is 19.1 Å². The number of aliphatic hydroxyl groups is 1. The Kier molecular flexibility index (Phi) is 8.36. The lowest BCUT2D eigenvalue weighted by atomic mass is 9.98. The molecule has 0 amide bonds. The summed E-state index contributed by atoms with van der Waals surface area (Å²) < 4.78 is 54.2. The van der Waals surface area contributed by atoms with Gasteiger partial charge in [-0.3, -0.25) is 18.9 Å². The summed E-state index contributed by atoms with van der Waals surface area (Å²) in [6.45, 7) is 3.42. The van der Waals surface area contributed by atoms with Gasteiger partial charge in [-0.1, -0.05) is 42.5 Å². The van der Waals surface area contributed by atoms with Crippen LogP contribution in [0.25, 0.3) is 0 Å². The number of H-pyrrole nitrogens is 1. The second-order valence-electron chi connectivity index (χ2n) is 11.0. The topological polar surface area (TPSA) is 129 Å². The van der Waals surface area contributed by atoms with Crippen LogP contribution in [0.15, 0.2) is 76.4 Å². The van der Waals surface area contributed by atoms with Crippen molar-refractivity contribution in [2.45, 2.75) is 57.4 Å². The first-order valence-corrected chi connectivity index (χ1v) is 15.2. The lowest BCUT2D eigenvalue weighted by molar-refractivity contribution is -0.0592. The predicted octanol–water partition coefficient (Wildman–Crippen LogP) is 4.12. The molecule has 2 aliphatic rings. The summed E-state index contributed by atoms with van der Waals surface area (Å²) in [5, 5.41) is 10.8. The third kappa shape index (κ3) is 6.71. The molecule has 220 valence electrons. The molecule has 41 heavy (non-hydrogen) atoms. The average Bonchev–Trinajstić information content (AvgIpc) is 3.64. The number of alkyl halides is 1. The van der Waals surface area contributed by atoms with Gasteiger partial charge in [-0.05, 0) is 49.9 Å². The molecule has 2 N–H and O–H groups in total. The van der Waals surface area contributed by atoms with Crippen molar-refractivity contribution in [2.75, 3.05) is 19.4 Å². The normalized spacial score (nSPS) is 26.4. The van der Waals surface area contributed by atoms with E-state index in [1.54, 1.807) is 30.3 Å². The van der Waals surface area contributed by atoms with E-state index in [2.05, 4.69) is 0 Å². The zero-order chi connectivity index (χ0) is 29.3. The van der Waals surface area contributed by atoms with Crippen LogP contribution in [-0.4, -0.2) is 51.9 Å². The summed E-state index contributed by atoms with van der Waals surface area (Å²) in [6.07, 6.45) is -1.84. The number of aryl methyl sites for hydroxylation is 1. The van der Waals surface area contributed by atoms with Crippen LogP contribution in [-0.2, 0) is 25.2 Å². The highest BCUT2D eigenvalue weighted by Crippen LogP contribution is 2.60. The van der Waals surface area contributed by atoms with Crippen LogP contribution < -0.4 is 15.8 Å². The minimum atomic E-state index is -3.86. The molecule has 2 aromatic carbocycles. The van der Waals surface area contributed by atoms with Crippen LogP contribution in [0.2, 0.25) is 0 Å². The molecule has 0 spiro atoms. The van der Waals surface area contributed by atoms with Crippen molar-refractivity contribution >= 4 is 7.60 Å². The fourth-order valence-electron chi connectivity index (χ4n) is 4.98. The first kappa shape index (κ1) is 29.4. The van der Waals surface area contributed by atoms with Crippen molar-refractivity contribution in [3.05, 3.63) is 98.8 Å². The van der Waals surface area contributed by atoms with Crippen molar-refractivity contribution in [1.29, 1.82) is 0 Å². The number of halogens is 1. The molecule has 0 radical (unpaired) electrons. The Labute approximate surface area is 236 Å². The number of nitrogens with zero attached hydrogens (tertiary/aromatic N) is 1. The van der Waals surface area contributed by atoms with Crippen LogP contribution in [0.3, 0.4) is 0 Å². The molecular formula is C29H34FN2O8P. The Morgan fingerprint density at radius 3 is 2.51 bits per heavy atom. The summed E-state index contributed by atoms with van der Waals surface area (Å²) in [6, 6.07) is 17.6. The van der Waals surface area contributed by atoms with E-state index in [0.29, 0.717) is 19.0 Å². The third-order valence-corrected chi connectivity index (χ3v) is 9.75. The molecule has 2 fully saturated rings. The number of rotatable bonds is 12. The maximum absolute atomic E-state index is 15.6. The first-order chi connectivity index (χ1) is 19.5. The number of aliphatic hydroxyl groups excluding tert-OH is 1. The van der Waals surface area contributed by atoms with Gasteiger partial charge in [0.1, 0.15) is 18.0 Å². The number of ether oxygens (including phenoxy) is 2. The zero-order valence-corrected chi connectivity index (χ0v) is 23.8. The highest BCUT2D eigenvalue weighted by atomic mass is 31.2. The molecule has 1 aromatic heterocycles. The number of para-hydroxylation sites is 1. The van der Waals surface area contributed by atoms with Gasteiger partial charge in [0.2, 0.25) is 0 Å². The van der Waals surface area contributed by atoms with Crippen LogP contribution in [0, 0.1) is 12.3 Å². The number of hydrogen-bond acceptors (Lipinski definition) is 8. The van der Waals surface area contributed by atoms with Crippen LogP contribution >= 0.6 is 7.60 Å². The highest BCUT2D eigenvalue weighted by molar-refractivity contribution is 7.54. The molecule has 5 rings (SSSR count). The number of benzene rings is 2. The Morgan fingerprint density at radius 2 is 1.83 bits per heavy atom. The van der Waals surface area contributed by atoms with Crippen LogP contribution in [0.4, 0.5) is 4.39 Å². The maximum Gasteiger partial charge on any atom is 0.379 e. The fraction of sp³-hybridized carbons (Fsp3) is 0.448. The molecule has 1 saturated carbocycles. The minimum Gasteiger partial charge on any atom is -0.424 e. The molecular weight excluding hydrogens is 554 g/mol. The summed E-state index contributed by atoms with van der Waals surface area (Å²) in [7, 11) is -3.86. The lowest BCUT2D eigenvalue weighted by Gasteiger charge is -2.26. The highest BCUT2D eigenvalue weighted by Gasteiger charge is 2.56. The van der Waals surface area contributed by atoms with Gasteiger partial charge in [-0.25, -0.2) is 13.8 Å². The van der Waals surface area contributed by atoms with Crippen molar-refractivity contribution < 1.29 is 32.6 Å². The van der Waals surface area contributed by atoms with E-state index in [1.807, 2.05) is 36.2 Å². The van der Waals surface area contributed by atoms with Crippen LogP contribution in [0.5, 0.6) is 5.75 Å². The number of hydrogen-bond donors (Lipinski definition) is 2. The Bertz CT molecular complexity index is 1520. The quantitative estimate of drug-likeness (QED) is 0.303. The number of aromatic amines is 1. The molecule has 12 heteroatoms. The SMILES string of the molecule is Cc1ccccc1COCC1(CP(=O)(OC[C@H]2O[C@@H](n3ccc(=O)[nH]c3=O)[C@](C)(F)[C@@H]2O)Oc2ccccc2)CC1. The fourth-order valence-corrected chi connectivity index (χ4v) is 7.24. The van der Waals surface area contributed by atoms with E-state index in [9.17, 15) is 19.3 Å². The summed E-state index contributed by atoms with van der Waals surface area (Å²) in [5.74, 6) is 0.341. The first-order valence-electron chi connectivity index (χ1n) is 13.4. The van der Waals surface area contributed by atoms with Gasteiger partial charge in [0.25, 0.3) is 5.56 Å². The van der Waals surface area contributed by atoms with Gasteiger partial charge in [-0.15, -0.1) is 0 Å². The lowest BCUT2D eigenvalue weighted by Crippen LogP contribution is -2.43. The average molecular weight is 589 g/mol. The second kappa shape index (κ2) is 11.7. The summed E-state index contributed by atoms with van der Waals surface area (Å²) >= 11 is 0. The largest absolute Gasteiger partial charge is 0.424 e. The van der Waals surface area contributed by atoms with Gasteiger partial charge in [0.05, 0.1) is 26.0 Å². The number of aromatic nitrogens is 2. The monoisotopic (exact) mass is 588 g/mol. The van der Waals surface area contributed by atoms with E-state index in [1.165, 1.54) is 0 Å². The Balaban J connectivity index is 1.29. The molecule has 1 saturated heterocycles. The number of nitrogens with one attached hydrogen (secondary N) is 1. The molecule has 10 nitrogen and oxygen atoms in total. The van der Waals surface area contributed by atoms with Crippen molar-refractivity contribution in [2.24, 2.45) is 5.41 Å². The Hall–Kier alpha value is -3.08. The molecule has 1 aliphatic heterocycles. The van der Waals surface area contributed by atoms with E-state index < -0.39 is 55.0 Å². The van der Waals surface area contributed by atoms with Crippen molar-refractivity contribution in [3.8, 4) is 5.75 Å². The molecule has 3 aromatic rings. The van der Waals surface area contributed by atoms with E-state index in [0.717, 1.165) is 47.7 Å². The zero-order valence-electron chi connectivity index (χ0n) is 22.9. The molecule has 2 heterocycles. The van der Waals surface area contributed by atoms with Crippen molar-refractivity contribution in [1.82, 2.24) is 9.55 Å². The Morgan fingerprint density at radius 1 is 1.12 bits per heavy atom. The van der Waals surface area contributed by atoms with Gasteiger partial charge in [0.15, 0.2) is 11.9 Å². The third-order valence-electron chi connectivity index (χ3n) is 7.66. The van der Waals surface area contributed by atoms with Gasteiger partial charge in [0, 0.05) is 17.7 Å². The van der Waals surface area contributed by atoms with Gasteiger partial charge >= 0.3 is 13.3 Å². The van der Waals surface area contributed by atoms with Gasteiger partial charge in [-0.2, -0.15) is 0 Å². The minimum absolute atomic E-state index is 0.0567. The molecule has 0 bridgehead atoms. The summed E-state index contributed by atoms with van der Waals surface area (Å²) in [5.41, 5.74) is -2.18. The van der Waals surface area contributed by atoms with E-state index in [-0.39, 0.29) is 6.16 Å². The maximum atomic E-state index is 15.6. The second-order valence-corrected chi connectivity index (χ2v) is 13.0. The summed E-state index contributed by atoms with van der Waals surface area (Å²) in [4.78, 5) is 25.8.